The number of ether oxygens (including phenoxy) is 1. The van der Waals surface area contributed by atoms with Gasteiger partial charge in [-0.15, -0.1) is 0 Å². The van der Waals surface area contributed by atoms with Crippen molar-refractivity contribution in [2.75, 3.05) is 11.9 Å². The monoisotopic (exact) mass is 356 g/mol. The normalized spacial score (nSPS) is 10.7. The Morgan fingerprint density at radius 3 is 2.76 bits per heavy atom. The number of para-hydroxylation sites is 1. The second kappa shape index (κ2) is 8.67. The fourth-order valence-corrected chi connectivity index (χ4v) is 2.18. The maximum atomic E-state index is 13.6. The van der Waals surface area contributed by atoms with E-state index >= 15 is 0 Å². The van der Waals surface area contributed by atoms with E-state index in [0.717, 1.165) is 0 Å². The van der Waals surface area contributed by atoms with Gasteiger partial charge in [-0.05, 0) is 35.9 Å². The lowest BCUT2D eigenvalue weighted by Crippen LogP contribution is -2.14. The summed E-state index contributed by atoms with van der Waals surface area (Å²) in [5.74, 6) is -0.830. The van der Waals surface area contributed by atoms with Gasteiger partial charge in [0, 0.05) is 0 Å². The van der Waals surface area contributed by atoms with Crippen LogP contribution in [0.2, 0.25) is 5.02 Å². The van der Waals surface area contributed by atoms with Crippen molar-refractivity contribution < 1.29 is 13.9 Å². The van der Waals surface area contributed by atoms with Gasteiger partial charge in [-0.3, -0.25) is 4.79 Å². The molecular formula is C19H14ClFN2O2. The highest BCUT2D eigenvalue weighted by atomic mass is 35.5. The Kier molecular flexibility index (Phi) is 6.33. The van der Waals surface area contributed by atoms with E-state index in [4.69, 9.17) is 16.3 Å². The van der Waals surface area contributed by atoms with E-state index < -0.39 is 11.7 Å². The molecule has 0 fully saturated rings. The predicted octanol–water partition coefficient (Wildman–Crippen LogP) is 4.59. The summed E-state index contributed by atoms with van der Waals surface area (Å²) < 4.78 is 18.9. The second-order valence-corrected chi connectivity index (χ2v) is 5.30. The van der Waals surface area contributed by atoms with E-state index in [2.05, 4.69) is 11.9 Å². The summed E-state index contributed by atoms with van der Waals surface area (Å²) >= 11 is 6.10. The molecule has 0 aliphatic rings. The van der Waals surface area contributed by atoms with Gasteiger partial charge in [-0.25, -0.2) is 4.39 Å². The number of amides is 1. The minimum Gasteiger partial charge on any atom is -0.488 e. The smallest absolute Gasteiger partial charge is 0.266 e. The molecule has 0 saturated heterocycles. The van der Waals surface area contributed by atoms with Crippen molar-refractivity contribution >= 4 is 29.3 Å². The lowest BCUT2D eigenvalue weighted by molar-refractivity contribution is -0.112. The Labute approximate surface area is 149 Å². The fourth-order valence-electron chi connectivity index (χ4n) is 1.94. The van der Waals surface area contributed by atoms with Crippen LogP contribution in [0.25, 0.3) is 6.08 Å². The van der Waals surface area contributed by atoms with Crippen molar-refractivity contribution in [2.45, 2.75) is 0 Å². The highest BCUT2D eigenvalue weighted by Crippen LogP contribution is 2.26. The van der Waals surface area contributed by atoms with E-state index in [1.165, 1.54) is 24.3 Å². The van der Waals surface area contributed by atoms with Crippen LogP contribution in [0.15, 0.2) is 60.7 Å². The quantitative estimate of drug-likeness (QED) is 0.468. The van der Waals surface area contributed by atoms with Crippen LogP contribution in [0.4, 0.5) is 10.1 Å². The summed E-state index contributed by atoms with van der Waals surface area (Å²) in [6.45, 7) is 3.86. The third-order valence-corrected chi connectivity index (χ3v) is 3.41. The zero-order valence-electron chi connectivity index (χ0n) is 13.1. The van der Waals surface area contributed by atoms with Crippen LogP contribution < -0.4 is 10.1 Å². The summed E-state index contributed by atoms with van der Waals surface area (Å²) in [6, 6.07) is 12.3. The number of halogens is 2. The van der Waals surface area contributed by atoms with E-state index in [1.807, 2.05) is 0 Å². The van der Waals surface area contributed by atoms with Crippen LogP contribution >= 0.6 is 11.6 Å². The minimum atomic E-state index is -0.712. The largest absolute Gasteiger partial charge is 0.488 e. The fraction of sp³-hybridized carbons (Fsp3) is 0.0526. The second-order valence-electron chi connectivity index (χ2n) is 4.89. The molecule has 0 aromatic heterocycles. The molecule has 0 aliphatic carbocycles. The lowest BCUT2D eigenvalue weighted by Gasteiger charge is -2.07. The third kappa shape index (κ3) is 4.93. The molecule has 4 nitrogen and oxygen atoms in total. The van der Waals surface area contributed by atoms with Crippen molar-refractivity contribution in [2.24, 2.45) is 0 Å². The summed E-state index contributed by atoms with van der Waals surface area (Å²) in [6.07, 6.45) is 2.95. The van der Waals surface area contributed by atoms with Crippen molar-refractivity contribution in [3.05, 3.63) is 77.1 Å². The van der Waals surface area contributed by atoms with E-state index in [9.17, 15) is 14.4 Å². The van der Waals surface area contributed by atoms with Crippen molar-refractivity contribution in [3.8, 4) is 11.8 Å². The molecule has 0 unspecified atom stereocenters. The molecule has 126 valence electrons. The first-order chi connectivity index (χ1) is 12.0. The molecule has 6 heteroatoms. The summed E-state index contributed by atoms with van der Waals surface area (Å²) in [5, 5.41) is 11.9. The molecule has 0 heterocycles. The standard InChI is InChI=1S/C19H14ClFN2O2/c1-2-9-25-18-8-7-13(11-15(18)20)10-14(12-22)19(24)23-17-6-4-3-5-16(17)21/h2-8,10-11H,1,9H2,(H,23,24)/b14-10+. The van der Waals surface area contributed by atoms with E-state index in [-0.39, 0.29) is 11.3 Å². The molecule has 0 saturated carbocycles. The topological polar surface area (TPSA) is 62.1 Å². The number of carbonyl (C=O) groups is 1. The molecule has 0 spiro atoms. The van der Waals surface area contributed by atoms with Crippen molar-refractivity contribution in [1.29, 1.82) is 5.26 Å². The molecular weight excluding hydrogens is 343 g/mol. The van der Waals surface area contributed by atoms with Gasteiger partial charge in [0.15, 0.2) is 0 Å². The van der Waals surface area contributed by atoms with Crippen LogP contribution in [-0.2, 0) is 4.79 Å². The van der Waals surface area contributed by atoms with Crippen molar-refractivity contribution in [3.63, 3.8) is 0 Å². The number of nitriles is 1. The number of hydrogen-bond acceptors (Lipinski definition) is 3. The highest BCUT2D eigenvalue weighted by Gasteiger charge is 2.12. The molecule has 0 aliphatic heterocycles. The summed E-state index contributed by atoms with van der Waals surface area (Å²) in [4.78, 5) is 12.2. The number of carbonyl (C=O) groups excluding carboxylic acids is 1. The molecule has 2 aromatic carbocycles. The Bertz CT molecular complexity index is 872. The molecule has 1 amide bonds. The van der Waals surface area contributed by atoms with E-state index in [1.54, 1.807) is 36.4 Å². The Morgan fingerprint density at radius 1 is 1.36 bits per heavy atom. The first kappa shape index (κ1) is 18.2. The molecule has 1 N–H and O–H groups in total. The number of benzene rings is 2. The Morgan fingerprint density at radius 2 is 2.12 bits per heavy atom. The van der Waals surface area contributed by atoms with Gasteiger partial charge >= 0.3 is 0 Å². The SMILES string of the molecule is C=CCOc1ccc(/C=C(\C#N)C(=O)Nc2ccccc2F)cc1Cl. The Balaban J connectivity index is 2.21. The molecule has 2 aromatic rings. The number of hydrogen-bond donors (Lipinski definition) is 1. The van der Waals surface area contributed by atoms with Gasteiger partial charge in [0.05, 0.1) is 10.7 Å². The van der Waals surface area contributed by atoms with Crippen LogP contribution in [0, 0.1) is 17.1 Å². The van der Waals surface area contributed by atoms with Crippen LogP contribution in [0.1, 0.15) is 5.56 Å². The first-order valence-electron chi connectivity index (χ1n) is 7.26. The summed E-state index contributed by atoms with van der Waals surface area (Å²) in [5.41, 5.74) is 0.357. The number of nitrogens with zero attached hydrogens (tertiary/aromatic N) is 1. The average Bonchev–Trinajstić information content (AvgIpc) is 2.60. The van der Waals surface area contributed by atoms with Gasteiger partial charge in [0.2, 0.25) is 0 Å². The average molecular weight is 357 g/mol. The Hall–Kier alpha value is -3.10. The molecule has 25 heavy (non-hydrogen) atoms. The maximum absolute atomic E-state index is 13.6. The molecule has 2 rings (SSSR count). The number of rotatable bonds is 6. The first-order valence-corrected chi connectivity index (χ1v) is 7.64. The van der Waals surface area contributed by atoms with Crippen LogP contribution in [-0.4, -0.2) is 12.5 Å². The van der Waals surface area contributed by atoms with Crippen molar-refractivity contribution in [1.82, 2.24) is 0 Å². The third-order valence-electron chi connectivity index (χ3n) is 3.11. The lowest BCUT2D eigenvalue weighted by atomic mass is 10.1. The molecule has 0 radical (unpaired) electrons. The van der Waals surface area contributed by atoms with Gasteiger partial charge in [-0.2, -0.15) is 5.26 Å². The number of nitrogens with one attached hydrogen (secondary N) is 1. The zero-order chi connectivity index (χ0) is 18.2. The maximum Gasteiger partial charge on any atom is 0.266 e. The molecule has 0 atom stereocenters. The predicted molar refractivity (Wildman–Crippen MR) is 95.8 cm³/mol. The van der Waals surface area contributed by atoms with Gasteiger partial charge in [-0.1, -0.05) is 42.5 Å². The number of anilines is 1. The van der Waals surface area contributed by atoms with Gasteiger partial charge in [0.1, 0.15) is 29.8 Å². The van der Waals surface area contributed by atoms with Gasteiger partial charge in [0.25, 0.3) is 5.91 Å². The minimum absolute atomic E-state index is 0.000134. The summed E-state index contributed by atoms with van der Waals surface area (Å²) in [7, 11) is 0. The van der Waals surface area contributed by atoms with E-state index in [0.29, 0.717) is 22.9 Å². The van der Waals surface area contributed by atoms with Crippen LogP contribution in [0.5, 0.6) is 5.75 Å². The van der Waals surface area contributed by atoms with Gasteiger partial charge < -0.3 is 10.1 Å². The highest BCUT2D eigenvalue weighted by molar-refractivity contribution is 6.32. The zero-order valence-corrected chi connectivity index (χ0v) is 13.9. The van der Waals surface area contributed by atoms with Crippen LogP contribution in [0.3, 0.4) is 0 Å². The molecule has 0 bridgehead atoms.